The highest BCUT2D eigenvalue weighted by Gasteiger charge is 2.64. The molecule has 0 heterocycles. The van der Waals surface area contributed by atoms with Crippen LogP contribution in [0.1, 0.15) is 33.6 Å². The van der Waals surface area contributed by atoms with Gasteiger partial charge in [-0.15, -0.1) is 0 Å². The SMILES string of the molecule is CC(F)(F)C1C[C@@H]2[C@H](C1)C2(C)C. The first-order valence-electron chi connectivity index (χ1n) is 4.71. The maximum Gasteiger partial charge on any atom is 0.248 e. The van der Waals surface area contributed by atoms with Crippen LogP contribution in [0.5, 0.6) is 0 Å². The number of fused-ring (bicyclic) bond motifs is 1. The first kappa shape index (κ1) is 8.46. The quantitative estimate of drug-likeness (QED) is 0.572. The average molecular weight is 174 g/mol. The lowest BCUT2D eigenvalue weighted by Crippen LogP contribution is -2.24. The van der Waals surface area contributed by atoms with Crippen LogP contribution in [0, 0.1) is 23.2 Å². The number of alkyl halides is 2. The Morgan fingerprint density at radius 1 is 1.17 bits per heavy atom. The van der Waals surface area contributed by atoms with E-state index < -0.39 is 5.92 Å². The van der Waals surface area contributed by atoms with Crippen molar-refractivity contribution in [2.24, 2.45) is 23.2 Å². The molecule has 0 nitrogen and oxygen atoms in total. The zero-order valence-electron chi connectivity index (χ0n) is 7.90. The molecule has 2 aliphatic carbocycles. The second-order valence-corrected chi connectivity index (χ2v) is 5.16. The molecule has 2 heteroatoms. The first-order chi connectivity index (χ1) is 5.33. The maximum absolute atomic E-state index is 12.9. The zero-order chi connectivity index (χ0) is 9.15. The van der Waals surface area contributed by atoms with Gasteiger partial charge in [-0.3, -0.25) is 0 Å². The molecule has 2 aliphatic rings. The summed E-state index contributed by atoms with van der Waals surface area (Å²) < 4.78 is 25.7. The van der Waals surface area contributed by atoms with E-state index in [1.54, 1.807) is 0 Å². The van der Waals surface area contributed by atoms with Crippen molar-refractivity contribution in [3.8, 4) is 0 Å². The van der Waals surface area contributed by atoms with Gasteiger partial charge in [0.2, 0.25) is 5.92 Å². The van der Waals surface area contributed by atoms with Gasteiger partial charge in [0.25, 0.3) is 0 Å². The molecule has 0 aromatic rings. The summed E-state index contributed by atoms with van der Waals surface area (Å²) in [5, 5.41) is 0. The molecule has 70 valence electrons. The van der Waals surface area contributed by atoms with Crippen molar-refractivity contribution in [1.29, 1.82) is 0 Å². The van der Waals surface area contributed by atoms with Gasteiger partial charge in [0.15, 0.2) is 0 Å². The third-order valence-corrected chi connectivity index (χ3v) is 4.08. The van der Waals surface area contributed by atoms with E-state index in [1.807, 2.05) is 0 Å². The van der Waals surface area contributed by atoms with Crippen molar-refractivity contribution in [1.82, 2.24) is 0 Å². The molecule has 3 atom stereocenters. The van der Waals surface area contributed by atoms with Gasteiger partial charge in [-0.1, -0.05) is 13.8 Å². The highest BCUT2D eigenvalue weighted by atomic mass is 19.3. The lowest BCUT2D eigenvalue weighted by atomic mass is 9.89. The van der Waals surface area contributed by atoms with Crippen molar-refractivity contribution < 1.29 is 8.78 Å². The maximum atomic E-state index is 12.9. The molecule has 0 bridgehead atoms. The molecule has 0 aliphatic heterocycles. The summed E-state index contributed by atoms with van der Waals surface area (Å²) in [6, 6.07) is 0. The Balaban J connectivity index is 1.99. The van der Waals surface area contributed by atoms with E-state index in [0.29, 0.717) is 17.3 Å². The lowest BCUT2D eigenvalue weighted by Gasteiger charge is -2.22. The standard InChI is InChI=1S/C10H16F2/c1-9(2)7-4-6(5-8(7)9)10(3,11)12/h6-8H,4-5H2,1-3H3/t6?,7-,8+. The van der Waals surface area contributed by atoms with Crippen LogP contribution in [-0.2, 0) is 0 Å². The zero-order valence-corrected chi connectivity index (χ0v) is 7.90. The van der Waals surface area contributed by atoms with Crippen LogP contribution < -0.4 is 0 Å². The minimum absolute atomic E-state index is 0.333. The van der Waals surface area contributed by atoms with Gasteiger partial charge in [-0.2, -0.15) is 0 Å². The van der Waals surface area contributed by atoms with Gasteiger partial charge >= 0.3 is 0 Å². The summed E-state index contributed by atoms with van der Waals surface area (Å²) in [6.45, 7) is 5.47. The van der Waals surface area contributed by atoms with E-state index in [0.717, 1.165) is 19.8 Å². The van der Waals surface area contributed by atoms with Gasteiger partial charge in [-0.25, -0.2) is 8.78 Å². The first-order valence-corrected chi connectivity index (χ1v) is 4.71. The molecule has 0 amide bonds. The second kappa shape index (κ2) is 2.02. The van der Waals surface area contributed by atoms with Gasteiger partial charge in [0.05, 0.1) is 0 Å². The van der Waals surface area contributed by atoms with E-state index in [1.165, 1.54) is 0 Å². The average Bonchev–Trinajstić information content (AvgIpc) is 2.31. The fraction of sp³-hybridized carbons (Fsp3) is 1.00. The van der Waals surface area contributed by atoms with Crippen molar-refractivity contribution in [3.63, 3.8) is 0 Å². The minimum Gasteiger partial charge on any atom is -0.207 e. The molecule has 2 rings (SSSR count). The normalized spacial score (nSPS) is 44.2. The topological polar surface area (TPSA) is 0 Å². The van der Waals surface area contributed by atoms with E-state index in [-0.39, 0.29) is 5.92 Å². The summed E-state index contributed by atoms with van der Waals surface area (Å²) in [5.74, 6) is -1.59. The predicted octanol–water partition coefficient (Wildman–Crippen LogP) is 3.32. The summed E-state index contributed by atoms with van der Waals surface area (Å²) in [4.78, 5) is 0. The lowest BCUT2D eigenvalue weighted by molar-refractivity contribution is -0.0447. The third-order valence-electron chi connectivity index (χ3n) is 4.08. The smallest absolute Gasteiger partial charge is 0.207 e. The fourth-order valence-corrected chi connectivity index (χ4v) is 2.92. The highest BCUT2D eigenvalue weighted by molar-refractivity contribution is 5.11. The molecule has 0 aromatic heterocycles. The Kier molecular flexibility index (Phi) is 1.42. The molecule has 2 fully saturated rings. The molecule has 0 radical (unpaired) electrons. The molecular formula is C10H16F2. The third kappa shape index (κ3) is 0.997. The predicted molar refractivity (Wildman–Crippen MR) is 44.1 cm³/mol. The van der Waals surface area contributed by atoms with Crippen LogP contribution in [0.25, 0.3) is 0 Å². The van der Waals surface area contributed by atoms with Crippen molar-refractivity contribution in [2.45, 2.75) is 39.5 Å². The van der Waals surface area contributed by atoms with E-state index in [2.05, 4.69) is 13.8 Å². The fourth-order valence-electron chi connectivity index (χ4n) is 2.92. The van der Waals surface area contributed by atoms with Gasteiger partial charge in [0, 0.05) is 5.92 Å². The Bertz CT molecular complexity index is 188. The van der Waals surface area contributed by atoms with Crippen LogP contribution >= 0.6 is 0 Å². The molecule has 2 saturated carbocycles. The van der Waals surface area contributed by atoms with E-state index in [4.69, 9.17) is 0 Å². The van der Waals surface area contributed by atoms with Crippen molar-refractivity contribution in [2.75, 3.05) is 0 Å². The van der Waals surface area contributed by atoms with Crippen LogP contribution in [0.3, 0.4) is 0 Å². The monoisotopic (exact) mass is 174 g/mol. The van der Waals surface area contributed by atoms with E-state index >= 15 is 0 Å². The Hall–Kier alpha value is -0.140. The minimum atomic E-state index is -2.44. The Morgan fingerprint density at radius 3 is 1.92 bits per heavy atom. The van der Waals surface area contributed by atoms with Crippen molar-refractivity contribution in [3.05, 3.63) is 0 Å². The number of hydrogen-bond acceptors (Lipinski definition) is 0. The summed E-state index contributed by atoms with van der Waals surface area (Å²) in [5.41, 5.74) is 0.377. The van der Waals surface area contributed by atoms with Crippen LogP contribution in [0.4, 0.5) is 8.78 Å². The molecular weight excluding hydrogens is 158 g/mol. The molecule has 0 saturated heterocycles. The Labute approximate surface area is 72.3 Å². The largest absolute Gasteiger partial charge is 0.248 e. The molecule has 0 aromatic carbocycles. The summed E-state index contributed by atoms with van der Waals surface area (Å²) in [7, 11) is 0. The number of halogens is 2. The molecule has 12 heavy (non-hydrogen) atoms. The van der Waals surface area contributed by atoms with Crippen LogP contribution in [0.15, 0.2) is 0 Å². The highest BCUT2D eigenvalue weighted by Crippen LogP contribution is 2.69. The second-order valence-electron chi connectivity index (χ2n) is 5.16. The van der Waals surface area contributed by atoms with E-state index in [9.17, 15) is 8.78 Å². The number of hydrogen-bond donors (Lipinski definition) is 0. The van der Waals surface area contributed by atoms with Crippen LogP contribution in [-0.4, -0.2) is 5.92 Å². The Morgan fingerprint density at radius 2 is 1.58 bits per heavy atom. The van der Waals surface area contributed by atoms with Gasteiger partial charge < -0.3 is 0 Å². The molecule has 0 spiro atoms. The molecule has 0 N–H and O–H groups in total. The number of rotatable bonds is 1. The van der Waals surface area contributed by atoms with Crippen LogP contribution in [0.2, 0.25) is 0 Å². The van der Waals surface area contributed by atoms with Gasteiger partial charge in [-0.05, 0) is 37.0 Å². The van der Waals surface area contributed by atoms with Gasteiger partial charge in [0.1, 0.15) is 0 Å². The summed E-state index contributed by atoms with van der Waals surface area (Å²) >= 11 is 0. The molecule has 1 unspecified atom stereocenters. The van der Waals surface area contributed by atoms with Crippen molar-refractivity contribution >= 4 is 0 Å². The summed E-state index contributed by atoms with van der Waals surface area (Å²) in [6.07, 6.45) is 1.50.